The number of benzene rings is 3. The normalized spacial score (nSPS) is 16.7. The summed E-state index contributed by atoms with van der Waals surface area (Å²) in [6.45, 7) is 3.03. The predicted molar refractivity (Wildman–Crippen MR) is 246 cm³/mol. The molecule has 332 valence electrons. The zero-order valence-electron chi connectivity index (χ0n) is 36.1. The molecule has 6 aromatic rings. The van der Waals surface area contributed by atoms with Crippen molar-refractivity contribution in [2.45, 2.75) is 83.3 Å². The Hall–Kier alpha value is -6.95. The molecule has 2 fully saturated rings. The van der Waals surface area contributed by atoms with E-state index in [1.165, 1.54) is 15.4 Å². The lowest BCUT2D eigenvalue weighted by Crippen LogP contribution is -2.51. The Balaban J connectivity index is 0.812. The second-order valence-corrected chi connectivity index (χ2v) is 17.5. The van der Waals surface area contributed by atoms with E-state index in [1.54, 1.807) is 55.8 Å². The van der Waals surface area contributed by atoms with E-state index < -0.39 is 11.9 Å². The third-order valence-corrected chi connectivity index (χ3v) is 13.1. The highest BCUT2D eigenvalue weighted by Crippen LogP contribution is 2.30. The average Bonchev–Trinajstić information content (AvgIpc) is 3.32. The molecular formula is C48H49N10O6P. The maximum Gasteiger partial charge on any atom is 0.275 e. The summed E-state index contributed by atoms with van der Waals surface area (Å²) in [5, 5.41) is 23.8. The van der Waals surface area contributed by atoms with Crippen LogP contribution in [0, 0.1) is 11.3 Å². The number of carbonyl (C=O) groups excluding carboxylic acids is 3. The molecule has 1 N–H and O–H groups in total. The molecule has 0 radical (unpaired) electrons. The first-order valence-corrected chi connectivity index (χ1v) is 23.1. The van der Waals surface area contributed by atoms with E-state index in [9.17, 15) is 29.2 Å². The van der Waals surface area contributed by atoms with Crippen LogP contribution in [0.1, 0.15) is 81.0 Å². The molecule has 17 heteroatoms. The van der Waals surface area contributed by atoms with Gasteiger partial charge in [-0.1, -0.05) is 49.2 Å². The first kappa shape index (κ1) is 44.6. The predicted octanol–water partition coefficient (Wildman–Crippen LogP) is 5.98. The van der Waals surface area contributed by atoms with Crippen LogP contribution >= 0.6 is 8.73 Å². The summed E-state index contributed by atoms with van der Waals surface area (Å²) in [5.74, 6) is 0.222. The molecule has 0 bridgehead atoms. The van der Waals surface area contributed by atoms with Crippen LogP contribution in [0.2, 0.25) is 0 Å². The van der Waals surface area contributed by atoms with Crippen molar-refractivity contribution in [3.63, 3.8) is 0 Å². The van der Waals surface area contributed by atoms with Gasteiger partial charge in [0.1, 0.15) is 12.6 Å². The quantitative estimate of drug-likeness (QED) is 0.0679. The van der Waals surface area contributed by atoms with Gasteiger partial charge in [0.05, 0.1) is 53.9 Å². The summed E-state index contributed by atoms with van der Waals surface area (Å²) < 4.78 is 10.7. The smallest absolute Gasteiger partial charge is 0.275 e. The lowest BCUT2D eigenvalue weighted by Gasteiger charge is -2.42. The number of hydrogen-bond donors (Lipinski definition) is 1. The molecule has 3 aromatic heterocycles. The zero-order chi connectivity index (χ0) is 45.3. The summed E-state index contributed by atoms with van der Waals surface area (Å²) in [6, 6.07) is 25.0. The molecule has 65 heavy (non-hydrogen) atoms. The number of nitriles is 1. The van der Waals surface area contributed by atoms with Gasteiger partial charge in [0.15, 0.2) is 11.6 Å². The summed E-state index contributed by atoms with van der Waals surface area (Å²) in [5.41, 5.74) is 4.00. The van der Waals surface area contributed by atoms with Gasteiger partial charge in [-0.15, -0.1) is 0 Å². The Labute approximate surface area is 377 Å². The molecule has 0 aliphatic carbocycles. The van der Waals surface area contributed by atoms with Crippen LogP contribution in [0.3, 0.4) is 0 Å². The molecule has 16 nitrogen and oxygen atoms in total. The zero-order valence-corrected chi connectivity index (χ0v) is 37.1. The molecule has 2 aliphatic heterocycles. The first-order chi connectivity index (χ1) is 31.6. The number of fused-ring (bicyclic) bond motifs is 1. The van der Waals surface area contributed by atoms with Crippen LogP contribution < -0.4 is 21.2 Å². The largest absolute Gasteiger partial charge is 0.489 e. The fraction of sp³-hybridized carbons (Fsp3) is 0.333. The molecule has 3 aromatic carbocycles. The van der Waals surface area contributed by atoms with Crippen LogP contribution in [0.15, 0.2) is 107 Å². The number of nitrogens with zero attached hydrogens (tertiary/aromatic N) is 9. The number of ether oxygens (including phenoxy) is 1. The third kappa shape index (κ3) is 10.9. The lowest BCUT2D eigenvalue weighted by atomic mass is 10.0. The topological polar surface area (TPSA) is 198 Å². The Morgan fingerprint density at radius 3 is 2.55 bits per heavy atom. The average molecular weight is 893 g/mol. The van der Waals surface area contributed by atoms with E-state index in [0.717, 1.165) is 85.3 Å². The number of carbonyl (C=O) groups is 3. The Bertz CT molecular complexity index is 2880. The summed E-state index contributed by atoms with van der Waals surface area (Å²) >= 11 is 0. The summed E-state index contributed by atoms with van der Waals surface area (Å²) in [4.78, 5) is 72.0. The van der Waals surface area contributed by atoms with Gasteiger partial charge in [-0.25, -0.2) is 24.3 Å². The lowest BCUT2D eigenvalue weighted by molar-refractivity contribution is -0.140. The van der Waals surface area contributed by atoms with Gasteiger partial charge in [0, 0.05) is 42.5 Å². The van der Waals surface area contributed by atoms with Crippen molar-refractivity contribution in [1.82, 2.24) is 44.6 Å². The standard InChI is InChI=1S/C48H49N10O6P/c1-32(59)58(65-22-6-2-3-9-33-15-16-41-38(23-33)27-52-57(48(41)63)43-18-19-44(60)53-47(43)62)56-21-5-4-14-39(56)31-64-40-28-50-46(51-29-40)37-13-8-11-35(25-37)30-55-45(61)20-17-42(54-55)36-12-7-10-34(24-36)26-49/h7-8,10-13,15-17,20,23-25,27-29,39,43,65H,2-6,9,14,18-19,21-22,30-31H2,1H3,(H,53,60,62). The fourth-order valence-corrected chi connectivity index (χ4v) is 9.59. The van der Waals surface area contributed by atoms with Crippen molar-refractivity contribution >= 4 is 37.2 Å². The van der Waals surface area contributed by atoms with Gasteiger partial charge in [0.25, 0.3) is 17.0 Å². The van der Waals surface area contributed by atoms with Gasteiger partial charge in [-0.2, -0.15) is 15.5 Å². The highest BCUT2D eigenvalue weighted by atomic mass is 31.1. The number of nitrogens with one attached hydrogen (secondary N) is 1. The molecule has 8 rings (SSSR count). The SMILES string of the molecule is CC(=O)N(PCCCCCc1ccc2c(=O)n(C3CCC(=O)NC3=O)ncc2c1)N1CCCCC1COc1cnc(-c2cccc(Cn3nc(-c4cccc(C#N)c4)ccc3=O)c2)nc1. The Morgan fingerprint density at radius 2 is 1.74 bits per heavy atom. The molecule has 0 saturated carbocycles. The summed E-state index contributed by atoms with van der Waals surface area (Å²) in [7, 11) is 0.318. The number of amides is 3. The minimum atomic E-state index is -0.797. The van der Waals surface area contributed by atoms with Crippen molar-refractivity contribution in [3.8, 4) is 34.5 Å². The van der Waals surface area contributed by atoms with E-state index in [-0.39, 0.29) is 48.4 Å². The number of piperidine rings is 2. The second-order valence-electron chi connectivity index (χ2n) is 16.3. The maximum absolute atomic E-state index is 13.2. The van der Waals surface area contributed by atoms with Gasteiger partial charge >= 0.3 is 0 Å². The van der Waals surface area contributed by atoms with Crippen molar-refractivity contribution in [2.75, 3.05) is 19.3 Å². The number of imide groups is 1. The van der Waals surface area contributed by atoms with E-state index in [2.05, 4.69) is 36.6 Å². The molecule has 5 heterocycles. The fourth-order valence-electron chi connectivity index (χ4n) is 8.30. The Kier molecular flexibility index (Phi) is 14.2. The van der Waals surface area contributed by atoms with E-state index in [0.29, 0.717) is 43.6 Å². The van der Waals surface area contributed by atoms with Crippen LogP contribution in [-0.2, 0) is 27.3 Å². The van der Waals surface area contributed by atoms with E-state index >= 15 is 0 Å². The molecule has 2 aliphatic rings. The van der Waals surface area contributed by atoms with Gasteiger partial charge < -0.3 is 4.74 Å². The van der Waals surface area contributed by atoms with Crippen LogP contribution in [0.5, 0.6) is 5.75 Å². The number of aryl methyl sites for hydroxylation is 1. The minimum absolute atomic E-state index is 0.0188. The minimum Gasteiger partial charge on any atom is -0.489 e. The number of rotatable bonds is 16. The molecule has 3 unspecified atom stereocenters. The maximum atomic E-state index is 13.2. The molecular weight excluding hydrogens is 844 g/mol. The van der Waals surface area contributed by atoms with Crippen molar-refractivity contribution in [2.24, 2.45) is 0 Å². The van der Waals surface area contributed by atoms with Crippen LogP contribution in [0.25, 0.3) is 33.4 Å². The number of aromatic nitrogens is 6. The monoisotopic (exact) mass is 892 g/mol. The van der Waals surface area contributed by atoms with Gasteiger partial charge in [0.2, 0.25) is 11.8 Å². The van der Waals surface area contributed by atoms with E-state index in [4.69, 9.17) is 4.74 Å². The molecule has 2 saturated heterocycles. The number of unbranched alkanes of at least 4 members (excludes halogenated alkanes) is 2. The molecule has 0 spiro atoms. The second kappa shape index (κ2) is 20.7. The van der Waals surface area contributed by atoms with Crippen molar-refractivity contribution < 1.29 is 19.1 Å². The number of hydrazine groups is 1. The Morgan fingerprint density at radius 1 is 0.908 bits per heavy atom. The van der Waals surface area contributed by atoms with E-state index in [1.807, 2.05) is 47.2 Å². The number of hydrogen-bond acceptors (Lipinski definition) is 12. The highest BCUT2D eigenvalue weighted by Gasteiger charge is 2.31. The highest BCUT2D eigenvalue weighted by molar-refractivity contribution is 7.36. The molecule has 3 atom stereocenters. The third-order valence-electron chi connectivity index (χ3n) is 11.7. The van der Waals surface area contributed by atoms with Gasteiger partial charge in [-0.3, -0.25) is 34.1 Å². The first-order valence-electron chi connectivity index (χ1n) is 21.9. The van der Waals surface area contributed by atoms with Crippen molar-refractivity contribution in [3.05, 3.63) is 135 Å². The van der Waals surface area contributed by atoms with Gasteiger partial charge in [-0.05, 0) is 101 Å². The van der Waals surface area contributed by atoms with Crippen LogP contribution in [0.4, 0.5) is 0 Å². The van der Waals surface area contributed by atoms with Crippen molar-refractivity contribution in [1.29, 1.82) is 5.26 Å². The van der Waals surface area contributed by atoms with Crippen LogP contribution in [-0.4, -0.2) is 82.4 Å². The molecule has 3 amide bonds. The summed E-state index contributed by atoms with van der Waals surface area (Å²) in [6.07, 6.45) is 12.9.